The van der Waals surface area contributed by atoms with Gasteiger partial charge in [-0.15, -0.1) is 0 Å². The fraction of sp³-hybridized carbons (Fsp3) is 0. The summed E-state index contributed by atoms with van der Waals surface area (Å²) in [7, 11) is -9.28. The molecule has 12 heteroatoms. The Labute approximate surface area is 137 Å². The van der Waals surface area contributed by atoms with Gasteiger partial charge in [0.05, 0.1) is 0 Å². The first kappa shape index (κ1) is 24.5. The van der Waals surface area contributed by atoms with Crippen LogP contribution in [-0.2, 0) is 9.13 Å². The van der Waals surface area contributed by atoms with Crippen molar-refractivity contribution in [3.8, 4) is 11.5 Å². The molecule has 0 heterocycles. The number of aromatic hydroxyl groups is 2. The summed E-state index contributed by atoms with van der Waals surface area (Å²) in [6.45, 7) is 0. The molecular weight excluding hydrogens is 366 g/mol. The minimum Gasteiger partial charge on any atom is -0.508 e. The fourth-order valence-electron chi connectivity index (χ4n) is 0.878. The molecule has 0 aliphatic carbocycles. The Morgan fingerprint density at radius 3 is 0.875 bits per heavy atom. The van der Waals surface area contributed by atoms with Gasteiger partial charge in [0.15, 0.2) is 0 Å². The molecular formula is C12H18O10P2. The topological polar surface area (TPSA) is 196 Å². The standard InChI is InChI=1S/C6H6O2.C6H6.2H3O4P/c7-5-2-1-3-6(8)4-5;1-2-4-6-5-3-1;2*1-5(2,3)4/h1-4,7-8H;1-6H;2*(H3,1,2,3,4). The van der Waals surface area contributed by atoms with Crippen molar-refractivity contribution in [1.29, 1.82) is 0 Å². The molecule has 10 nitrogen and oxygen atoms in total. The summed E-state index contributed by atoms with van der Waals surface area (Å²) in [6, 6.07) is 17.9. The van der Waals surface area contributed by atoms with E-state index >= 15 is 0 Å². The van der Waals surface area contributed by atoms with E-state index in [1.807, 2.05) is 36.4 Å². The first-order valence-corrected chi connectivity index (χ1v) is 8.96. The zero-order valence-corrected chi connectivity index (χ0v) is 13.9. The molecule has 0 aliphatic heterocycles. The Kier molecular flexibility index (Phi) is 12.9. The lowest BCUT2D eigenvalue weighted by Gasteiger charge is -1.89. The van der Waals surface area contributed by atoms with E-state index in [4.69, 9.17) is 48.7 Å². The largest absolute Gasteiger partial charge is 0.508 e. The Balaban J connectivity index is 0. The molecule has 0 amide bonds. The van der Waals surface area contributed by atoms with Crippen LogP contribution in [0.3, 0.4) is 0 Å². The number of phenolic OH excluding ortho intramolecular Hbond substituents is 2. The Morgan fingerprint density at radius 2 is 0.750 bits per heavy atom. The van der Waals surface area contributed by atoms with Crippen LogP contribution in [0.1, 0.15) is 0 Å². The van der Waals surface area contributed by atoms with Crippen LogP contribution in [0.2, 0.25) is 0 Å². The van der Waals surface area contributed by atoms with Crippen LogP contribution in [0.25, 0.3) is 0 Å². The van der Waals surface area contributed by atoms with Crippen LogP contribution < -0.4 is 0 Å². The van der Waals surface area contributed by atoms with Crippen LogP contribution in [0.4, 0.5) is 0 Å². The molecule has 2 aromatic rings. The summed E-state index contributed by atoms with van der Waals surface area (Å²) in [4.78, 5) is 43.1. The average molecular weight is 384 g/mol. The molecule has 136 valence electrons. The maximum atomic E-state index is 8.88. The molecule has 0 saturated carbocycles. The van der Waals surface area contributed by atoms with Crippen LogP contribution >= 0.6 is 15.6 Å². The molecule has 0 saturated heterocycles. The van der Waals surface area contributed by atoms with Crippen molar-refractivity contribution in [1.82, 2.24) is 0 Å². The van der Waals surface area contributed by atoms with Crippen molar-refractivity contribution >= 4 is 15.6 Å². The second kappa shape index (κ2) is 12.7. The molecule has 2 aromatic carbocycles. The van der Waals surface area contributed by atoms with E-state index in [0.29, 0.717) is 0 Å². The zero-order chi connectivity index (χ0) is 19.2. The lowest BCUT2D eigenvalue weighted by Crippen LogP contribution is -1.66. The summed E-state index contributed by atoms with van der Waals surface area (Å²) in [6.07, 6.45) is 0. The molecule has 2 rings (SSSR count). The van der Waals surface area contributed by atoms with E-state index < -0.39 is 15.6 Å². The predicted molar refractivity (Wildman–Crippen MR) is 84.7 cm³/mol. The molecule has 24 heavy (non-hydrogen) atoms. The maximum Gasteiger partial charge on any atom is 0.466 e. The fourth-order valence-corrected chi connectivity index (χ4v) is 0.878. The van der Waals surface area contributed by atoms with E-state index in [-0.39, 0.29) is 11.5 Å². The van der Waals surface area contributed by atoms with E-state index in [0.717, 1.165) is 0 Å². The molecule has 0 radical (unpaired) electrons. The molecule has 0 spiro atoms. The molecule has 0 bridgehead atoms. The monoisotopic (exact) mass is 384 g/mol. The zero-order valence-electron chi connectivity index (χ0n) is 12.1. The van der Waals surface area contributed by atoms with Gasteiger partial charge in [-0.3, -0.25) is 0 Å². The normalized spacial score (nSPS) is 9.92. The van der Waals surface area contributed by atoms with E-state index in [1.54, 1.807) is 6.07 Å². The van der Waals surface area contributed by atoms with Crippen LogP contribution in [0.5, 0.6) is 11.5 Å². The van der Waals surface area contributed by atoms with Gasteiger partial charge in [-0.05, 0) is 12.1 Å². The van der Waals surface area contributed by atoms with Crippen molar-refractivity contribution in [2.75, 3.05) is 0 Å². The summed E-state index contributed by atoms with van der Waals surface area (Å²) in [5, 5.41) is 17.3. The number of benzene rings is 2. The lowest BCUT2D eigenvalue weighted by molar-refractivity contribution is 0.272. The van der Waals surface area contributed by atoms with Gasteiger partial charge in [0.2, 0.25) is 0 Å². The molecule has 0 aromatic heterocycles. The molecule has 8 N–H and O–H groups in total. The molecule has 0 atom stereocenters. The van der Waals surface area contributed by atoms with Gasteiger partial charge in [0, 0.05) is 6.07 Å². The summed E-state index contributed by atoms with van der Waals surface area (Å²) in [5.41, 5.74) is 0. The number of hydrogen-bond donors (Lipinski definition) is 8. The lowest BCUT2D eigenvalue weighted by atomic mass is 10.3. The Hall–Kier alpha value is -1.74. The van der Waals surface area contributed by atoms with Gasteiger partial charge >= 0.3 is 15.6 Å². The van der Waals surface area contributed by atoms with Crippen molar-refractivity contribution in [2.24, 2.45) is 0 Å². The number of phosphoric acid groups is 2. The SMILES string of the molecule is O=P(O)(O)O.O=P(O)(O)O.Oc1cccc(O)c1.c1ccccc1. The maximum absolute atomic E-state index is 8.88. The highest BCUT2D eigenvalue weighted by Gasteiger charge is 2.00. The number of rotatable bonds is 0. The third-order valence-corrected chi connectivity index (χ3v) is 1.50. The van der Waals surface area contributed by atoms with Crippen LogP contribution in [0.15, 0.2) is 60.7 Å². The minimum atomic E-state index is -4.64. The third kappa shape index (κ3) is 37.0. The molecule has 0 fully saturated rings. The summed E-state index contributed by atoms with van der Waals surface area (Å²) in [5.74, 6) is 0.176. The number of hydrogen-bond acceptors (Lipinski definition) is 4. The van der Waals surface area contributed by atoms with Crippen molar-refractivity contribution in [2.45, 2.75) is 0 Å². The minimum absolute atomic E-state index is 0.0880. The van der Waals surface area contributed by atoms with E-state index in [2.05, 4.69) is 0 Å². The highest BCUT2D eigenvalue weighted by atomic mass is 31.2. The predicted octanol–water partition coefficient (Wildman–Crippen LogP) is 0.927. The van der Waals surface area contributed by atoms with Crippen molar-refractivity contribution in [3.05, 3.63) is 60.7 Å². The van der Waals surface area contributed by atoms with Crippen molar-refractivity contribution < 1.29 is 48.7 Å². The van der Waals surface area contributed by atoms with Gasteiger partial charge in [0.1, 0.15) is 11.5 Å². The van der Waals surface area contributed by atoms with Gasteiger partial charge < -0.3 is 39.6 Å². The second-order valence-electron chi connectivity index (χ2n) is 3.70. The third-order valence-electron chi connectivity index (χ3n) is 1.50. The highest BCUT2D eigenvalue weighted by Crippen LogP contribution is 2.26. The van der Waals surface area contributed by atoms with Crippen LogP contribution in [-0.4, -0.2) is 39.6 Å². The quantitative estimate of drug-likeness (QED) is 0.302. The van der Waals surface area contributed by atoms with E-state index in [1.165, 1.54) is 18.2 Å². The Bertz CT molecular complexity index is 557. The van der Waals surface area contributed by atoms with Gasteiger partial charge in [-0.2, -0.15) is 0 Å². The van der Waals surface area contributed by atoms with Gasteiger partial charge in [-0.25, -0.2) is 9.13 Å². The summed E-state index contributed by atoms with van der Waals surface area (Å²) < 4.78 is 17.8. The average Bonchev–Trinajstić information content (AvgIpc) is 2.37. The van der Waals surface area contributed by atoms with Gasteiger partial charge in [0.25, 0.3) is 0 Å². The van der Waals surface area contributed by atoms with Gasteiger partial charge in [-0.1, -0.05) is 42.5 Å². The smallest absolute Gasteiger partial charge is 0.466 e. The first-order chi connectivity index (χ1) is 10.8. The number of phenols is 2. The summed E-state index contributed by atoms with van der Waals surface area (Å²) >= 11 is 0. The highest BCUT2D eigenvalue weighted by molar-refractivity contribution is 7.45. The first-order valence-electron chi connectivity index (χ1n) is 5.83. The second-order valence-corrected chi connectivity index (χ2v) is 5.75. The van der Waals surface area contributed by atoms with Crippen molar-refractivity contribution in [3.63, 3.8) is 0 Å². The van der Waals surface area contributed by atoms with E-state index in [9.17, 15) is 0 Å². The van der Waals surface area contributed by atoms with Crippen LogP contribution in [0, 0.1) is 0 Å². The molecule has 0 aliphatic rings. The Morgan fingerprint density at radius 1 is 0.542 bits per heavy atom. The molecule has 0 unspecified atom stereocenters.